The minimum absolute atomic E-state index is 0.0323. The maximum atomic E-state index is 12.9. The van der Waals surface area contributed by atoms with Gasteiger partial charge in [-0.25, -0.2) is 0 Å². The summed E-state index contributed by atoms with van der Waals surface area (Å²) < 4.78 is 10.8. The van der Waals surface area contributed by atoms with E-state index in [2.05, 4.69) is 17.0 Å². The highest BCUT2D eigenvalue weighted by atomic mass is 35.5. The van der Waals surface area contributed by atoms with Crippen molar-refractivity contribution >= 4 is 17.5 Å². The van der Waals surface area contributed by atoms with Crippen LogP contribution in [0, 0.1) is 0 Å². The van der Waals surface area contributed by atoms with Crippen molar-refractivity contribution < 1.29 is 14.3 Å². The zero-order valence-corrected chi connectivity index (χ0v) is 16.5. The Bertz CT molecular complexity index is 771. The van der Waals surface area contributed by atoms with E-state index in [0.29, 0.717) is 36.0 Å². The van der Waals surface area contributed by atoms with Crippen LogP contribution in [-0.4, -0.2) is 55.6 Å². The minimum Gasteiger partial charge on any atom is -0.496 e. The largest absolute Gasteiger partial charge is 0.496 e. The molecule has 1 aliphatic rings. The van der Waals surface area contributed by atoms with Gasteiger partial charge in [-0.05, 0) is 42.8 Å². The van der Waals surface area contributed by atoms with E-state index in [1.54, 1.807) is 25.3 Å². The van der Waals surface area contributed by atoms with Gasteiger partial charge < -0.3 is 14.4 Å². The molecule has 6 heteroatoms. The number of methoxy groups -OCH3 is 1. The first-order valence-electron chi connectivity index (χ1n) is 9.17. The van der Waals surface area contributed by atoms with Gasteiger partial charge in [-0.1, -0.05) is 23.7 Å². The van der Waals surface area contributed by atoms with Gasteiger partial charge in [0, 0.05) is 37.7 Å². The SMILES string of the molecule is CCOc1ccc(CN2CCN(C(=O)c3cc(Cl)ccc3OC)CC2)cc1. The zero-order valence-electron chi connectivity index (χ0n) is 15.8. The number of nitrogens with zero attached hydrogens (tertiary/aromatic N) is 2. The summed E-state index contributed by atoms with van der Waals surface area (Å²) in [4.78, 5) is 17.1. The van der Waals surface area contributed by atoms with E-state index >= 15 is 0 Å². The van der Waals surface area contributed by atoms with Crippen molar-refractivity contribution in [3.05, 3.63) is 58.6 Å². The summed E-state index contributed by atoms with van der Waals surface area (Å²) in [7, 11) is 1.56. The normalized spacial score (nSPS) is 14.9. The van der Waals surface area contributed by atoms with Crippen LogP contribution in [0.2, 0.25) is 5.02 Å². The fourth-order valence-electron chi connectivity index (χ4n) is 3.24. The molecule has 0 saturated carbocycles. The molecule has 1 aliphatic heterocycles. The Labute approximate surface area is 165 Å². The Morgan fingerprint density at radius 1 is 1.07 bits per heavy atom. The van der Waals surface area contributed by atoms with Crippen LogP contribution in [0.1, 0.15) is 22.8 Å². The molecule has 0 N–H and O–H groups in total. The summed E-state index contributed by atoms with van der Waals surface area (Å²) in [6.45, 7) is 6.57. The number of benzene rings is 2. The van der Waals surface area contributed by atoms with Crippen LogP contribution < -0.4 is 9.47 Å². The number of amides is 1. The van der Waals surface area contributed by atoms with E-state index in [-0.39, 0.29) is 5.91 Å². The lowest BCUT2D eigenvalue weighted by Gasteiger charge is -2.35. The quantitative estimate of drug-likeness (QED) is 0.756. The standard InChI is InChI=1S/C21H25ClN2O3/c1-3-27-18-7-4-16(5-8-18)15-23-10-12-24(13-11-23)21(25)19-14-17(22)6-9-20(19)26-2/h4-9,14H,3,10-13,15H2,1-2H3. The Kier molecular flexibility index (Phi) is 6.58. The van der Waals surface area contributed by atoms with E-state index in [0.717, 1.165) is 25.4 Å². The van der Waals surface area contributed by atoms with Gasteiger partial charge in [-0.15, -0.1) is 0 Å². The molecule has 0 atom stereocenters. The molecule has 0 bridgehead atoms. The molecular formula is C21H25ClN2O3. The molecule has 0 aromatic heterocycles. The van der Waals surface area contributed by atoms with Crippen molar-refractivity contribution in [2.45, 2.75) is 13.5 Å². The summed E-state index contributed by atoms with van der Waals surface area (Å²) in [5.41, 5.74) is 1.76. The molecule has 0 unspecified atom stereocenters. The van der Waals surface area contributed by atoms with Crippen LogP contribution in [0.25, 0.3) is 0 Å². The Morgan fingerprint density at radius 2 is 1.78 bits per heavy atom. The van der Waals surface area contributed by atoms with Crippen LogP contribution in [-0.2, 0) is 6.54 Å². The third-order valence-electron chi connectivity index (χ3n) is 4.69. The van der Waals surface area contributed by atoms with Crippen LogP contribution in [0.3, 0.4) is 0 Å². The van der Waals surface area contributed by atoms with Crippen molar-refractivity contribution in [1.29, 1.82) is 0 Å². The molecule has 144 valence electrons. The monoisotopic (exact) mass is 388 g/mol. The van der Waals surface area contributed by atoms with Crippen molar-refractivity contribution in [3.8, 4) is 11.5 Å². The fourth-order valence-corrected chi connectivity index (χ4v) is 3.41. The molecule has 0 spiro atoms. The van der Waals surface area contributed by atoms with E-state index in [1.807, 2.05) is 24.0 Å². The van der Waals surface area contributed by atoms with Gasteiger partial charge in [0.05, 0.1) is 19.3 Å². The van der Waals surface area contributed by atoms with Gasteiger partial charge in [0.15, 0.2) is 0 Å². The van der Waals surface area contributed by atoms with Crippen molar-refractivity contribution in [2.75, 3.05) is 39.9 Å². The maximum absolute atomic E-state index is 12.9. The molecule has 5 nitrogen and oxygen atoms in total. The van der Waals surface area contributed by atoms with E-state index in [9.17, 15) is 4.79 Å². The van der Waals surface area contributed by atoms with Crippen LogP contribution >= 0.6 is 11.6 Å². The second kappa shape index (κ2) is 9.11. The number of piperazine rings is 1. The van der Waals surface area contributed by atoms with Gasteiger partial charge in [0.1, 0.15) is 11.5 Å². The number of rotatable bonds is 6. The van der Waals surface area contributed by atoms with E-state index in [1.165, 1.54) is 5.56 Å². The first kappa shape index (κ1) is 19.5. The molecule has 2 aromatic rings. The minimum atomic E-state index is -0.0323. The maximum Gasteiger partial charge on any atom is 0.257 e. The third-order valence-corrected chi connectivity index (χ3v) is 4.93. The molecule has 1 fully saturated rings. The average Bonchev–Trinajstić information content (AvgIpc) is 2.70. The summed E-state index contributed by atoms with van der Waals surface area (Å²) >= 11 is 6.06. The number of carbonyl (C=O) groups excluding carboxylic acids is 1. The Balaban J connectivity index is 1.57. The Morgan fingerprint density at radius 3 is 2.41 bits per heavy atom. The molecule has 1 saturated heterocycles. The number of halogens is 1. The molecule has 1 heterocycles. The number of hydrogen-bond acceptors (Lipinski definition) is 4. The van der Waals surface area contributed by atoms with Gasteiger partial charge in [-0.3, -0.25) is 9.69 Å². The predicted molar refractivity (Wildman–Crippen MR) is 107 cm³/mol. The smallest absolute Gasteiger partial charge is 0.257 e. The second-order valence-corrected chi connectivity index (χ2v) is 6.93. The summed E-state index contributed by atoms with van der Waals surface area (Å²) in [5, 5.41) is 0.535. The third kappa shape index (κ3) is 4.93. The molecule has 3 rings (SSSR count). The van der Waals surface area contributed by atoms with Crippen LogP contribution in [0.15, 0.2) is 42.5 Å². The highest BCUT2D eigenvalue weighted by molar-refractivity contribution is 6.31. The Hall–Kier alpha value is -2.24. The first-order chi connectivity index (χ1) is 13.1. The van der Waals surface area contributed by atoms with Gasteiger partial charge >= 0.3 is 0 Å². The van der Waals surface area contributed by atoms with Crippen LogP contribution in [0.5, 0.6) is 11.5 Å². The predicted octanol–water partition coefficient (Wildman–Crippen LogP) is 3.71. The van der Waals surface area contributed by atoms with E-state index < -0.39 is 0 Å². The van der Waals surface area contributed by atoms with Crippen molar-refractivity contribution in [1.82, 2.24) is 9.80 Å². The zero-order chi connectivity index (χ0) is 19.2. The lowest BCUT2D eigenvalue weighted by atomic mass is 10.1. The molecular weight excluding hydrogens is 364 g/mol. The lowest BCUT2D eigenvalue weighted by molar-refractivity contribution is 0.0625. The number of carbonyl (C=O) groups is 1. The average molecular weight is 389 g/mol. The lowest BCUT2D eigenvalue weighted by Crippen LogP contribution is -2.48. The number of ether oxygens (including phenoxy) is 2. The first-order valence-corrected chi connectivity index (χ1v) is 9.55. The molecule has 0 radical (unpaired) electrons. The highest BCUT2D eigenvalue weighted by Crippen LogP contribution is 2.24. The van der Waals surface area contributed by atoms with Crippen molar-refractivity contribution in [2.24, 2.45) is 0 Å². The highest BCUT2D eigenvalue weighted by Gasteiger charge is 2.24. The summed E-state index contributed by atoms with van der Waals surface area (Å²) in [6, 6.07) is 13.3. The van der Waals surface area contributed by atoms with Gasteiger partial charge in [-0.2, -0.15) is 0 Å². The molecule has 27 heavy (non-hydrogen) atoms. The van der Waals surface area contributed by atoms with Crippen molar-refractivity contribution in [3.63, 3.8) is 0 Å². The molecule has 1 amide bonds. The van der Waals surface area contributed by atoms with Crippen LogP contribution in [0.4, 0.5) is 0 Å². The summed E-state index contributed by atoms with van der Waals surface area (Å²) in [6.07, 6.45) is 0. The summed E-state index contributed by atoms with van der Waals surface area (Å²) in [5.74, 6) is 1.42. The van der Waals surface area contributed by atoms with E-state index in [4.69, 9.17) is 21.1 Å². The molecule has 2 aromatic carbocycles. The number of hydrogen-bond donors (Lipinski definition) is 0. The van der Waals surface area contributed by atoms with Gasteiger partial charge in [0.25, 0.3) is 5.91 Å². The second-order valence-electron chi connectivity index (χ2n) is 6.49. The van der Waals surface area contributed by atoms with Gasteiger partial charge in [0.2, 0.25) is 0 Å². The topological polar surface area (TPSA) is 42.0 Å². The molecule has 0 aliphatic carbocycles. The fraction of sp³-hybridized carbons (Fsp3) is 0.381.